The minimum atomic E-state index is -0.605. The third-order valence-electron chi connectivity index (χ3n) is 2.72. The van der Waals surface area contributed by atoms with Gasteiger partial charge in [-0.15, -0.1) is 0 Å². The molecule has 1 N–H and O–H groups in total. The predicted molar refractivity (Wildman–Crippen MR) is 69.3 cm³/mol. The standard InChI is InChI=1S/C13H11F2N3O2/c1-8(11-4-2-10(15)7-16-11)17-12-6-9(14)3-5-13(12)18(19)20/h2-8,17H,1H3. The van der Waals surface area contributed by atoms with E-state index in [-0.39, 0.29) is 11.4 Å². The quantitative estimate of drug-likeness (QED) is 0.687. The molecule has 20 heavy (non-hydrogen) atoms. The van der Waals surface area contributed by atoms with Crippen molar-refractivity contribution in [2.75, 3.05) is 5.32 Å². The molecule has 104 valence electrons. The van der Waals surface area contributed by atoms with E-state index >= 15 is 0 Å². The molecule has 0 amide bonds. The van der Waals surface area contributed by atoms with Crippen LogP contribution in [0.25, 0.3) is 0 Å². The van der Waals surface area contributed by atoms with E-state index in [4.69, 9.17) is 0 Å². The lowest BCUT2D eigenvalue weighted by atomic mass is 10.2. The smallest absolute Gasteiger partial charge is 0.292 e. The Bertz CT molecular complexity index is 632. The van der Waals surface area contributed by atoms with E-state index in [1.165, 1.54) is 12.1 Å². The fourth-order valence-corrected chi connectivity index (χ4v) is 1.73. The number of hydrogen-bond donors (Lipinski definition) is 1. The molecule has 0 saturated heterocycles. The van der Waals surface area contributed by atoms with Crippen LogP contribution in [0.5, 0.6) is 0 Å². The van der Waals surface area contributed by atoms with E-state index in [9.17, 15) is 18.9 Å². The lowest BCUT2D eigenvalue weighted by Crippen LogP contribution is -2.10. The molecule has 7 heteroatoms. The molecule has 1 heterocycles. The molecule has 0 aliphatic rings. The fourth-order valence-electron chi connectivity index (χ4n) is 1.73. The number of nitro benzene ring substituents is 1. The van der Waals surface area contributed by atoms with Gasteiger partial charge in [0.05, 0.1) is 22.9 Å². The third-order valence-corrected chi connectivity index (χ3v) is 2.72. The summed E-state index contributed by atoms with van der Waals surface area (Å²) in [6, 6.07) is 5.40. The first-order valence-electron chi connectivity index (χ1n) is 5.79. The van der Waals surface area contributed by atoms with Crippen LogP contribution >= 0.6 is 0 Å². The van der Waals surface area contributed by atoms with E-state index < -0.39 is 22.6 Å². The number of benzene rings is 1. The Kier molecular flexibility index (Phi) is 3.88. The van der Waals surface area contributed by atoms with Crippen molar-refractivity contribution in [2.24, 2.45) is 0 Å². The highest BCUT2D eigenvalue weighted by Crippen LogP contribution is 2.28. The van der Waals surface area contributed by atoms with Gasteiger partial charge in [-0.25, -0.2) is 8.78 Å². The zero-order valence-electron chi connectivity index (χ0n) is 10.5. The van der Waals surface area contributed by atoms with Crippen molar-refractivity contribution in [1.82, 2.24) is 4.98 Å². The first kappa shape index (κ1) is 13.9. The van der Waals surface area contributed by atoms with Crippen molar-refractivity contribution in [3.8, 4) is 0 Å². The van der Waals surface area contributed by atoms with Crippen LogP contribution in [0.15, 0.2) is 36.5 Å². The molecule has 0 aliphatic carbocycles. The number of nitrogens with one attached hydrogen (secondary N) is 1. The summed E-state index contributed by atoms with van der Waals surface area (Å²) in [5.41, 5.74) is 0.305. The topological polar surface area (TPSA) is 68.1 Å². The highest BCUT2D eigenvalue weighted by atomic mass is 19.1. The van der Waals surface area contributed by atoms with Crippen LogP contribution in [0.3, 0.4) is 0 Å². The summed E-state index contributed by atoms with van der Waals surface area (Å²) >= 11 is 0. The molecule has 2 aromatic rings. The number of anilines is 1. The first-order valence-corrected chi connectivity index (χ1v) is 5.79. The molecule has 1 atom stereocenters. The summed E-state index contributed by atoms with van der Waals surface area (Å²) in [5, 5.41) is 13.7. The molecule has 2 rings (SSSR count). The van der Waals surface area contributed by atoms with Gasteiger partial charge in [0.15, 0.2) is 0 Å². The molecular formula is C13H11F2N3O2. The minimum Gasteiger partial charge on any atom is -0.371 e. The molecule has 0 spiro atoms. The SMILES string of the molecule is CC(Nc1cc(F)ccc1[N+](=O)[O-])c1ccc(F)cn1. The van der Waals surface area contributed by atoms with Crippen LogP contribution in [0, 0.1) is 21.7 Å². The Hall–Kier alpha value is -2.57. The normalized spacial score (nSPS) is 11.9. The molecule has 5 nitrogen and oxygen atoms in total. The zero-order valence-corrected chi connectivity index (χ0v) is 10.5. The lowest BCUT2D eigenvalue weighted by molar-refractivity contribution is -0.384. The van der Waals surface area contributed by atoms with Gasteiger partial charge in [-0.2, -0.15) is 0 Å². The van der Waals surface area contributed by atoms with Gasteiger partial charge >= 0.3 is 0 Å². The number of hydrogen-bond acceptors (Lipinski definition) is 4. The van der Waals surface area contributed by atoms with Gasteiger partial charge in [-0.05, 0) is 25.1 Å². The molecule has 1 aromatic heterocycles. The van der Waals surface area contributed by atoms with E-state index in [1.54, 1.807) is 6.92 Å². The maximum Gasteiger partial charge on any atom is 0.292 e. The summed E-state index contributed by atoms with van der Waals surface area (Å²) in [6.45, 7) is 1.69. The summed E-state index contributed by atoms with van der Waals surface area (Å²) in [4.78, 5) is 14.1. The second kappa shape index (κ2) is 5.60. The maximum atomic E-state index is 13.2. The van der Waals surface area contributed by atoms with Crippen molar-refractivity contribution < 1.29 is 13.7 Å². The first-order chi connectivity index (χ1) is 9.47. The Labute approximate surface area is 113 Å². The van der Waals surface area contributed by atoms with Crippen LogP contribution < -0.4 is 5.32 Å². The minimum absolute atomic E-state index is 0.0497. The number of nitrogens with zero attached hydrogens (tertiary/aromatic N) is 2. The van der Waals surface area contributed by atoms with Crippen LogP contribution in [-0.4, -0.2) is 9.91 Å². The van der Waals surface area contributed by atoms with Gasteiger partial charge in [0, 0.05) is 12.1 Å². The molecule has 0 radical (unpaired) electrons. The summed E-state index contributed by atoms with van der Waals surface area (Å²) in [6.07, 6.45) is 1.05. The average molecular weight is 279 g/mol. The molecule has 1 aromatic carbocycles. The van der Waals surface area contributed by atoms with Crippen LogP contribution in [0.1, 0.15) is 18.7 Å². The highest BCUT2D eigenvalue weighted by Gasteiger charge is 2.17. The molecule has 0 aliphatic heterocycles. The Morgan fingerprint density at radius 2 is 1.95 bits per heavy atom. The largest absolute Gasteiger partial charge is 0.371 e. The Morgan fingerprint density at radius 3 is 2.55 bits per heavy atom. The summed E-state index contributed by atoms with van der Waals surface area (Å²) in [5.74, 6) is -1.06. The number of aromatic nitrogens is 1. The molecule has 0 bridgehead atoms. The number of nitro groups is 1. The molecule has 0 fully saturated rings. The molecular weight excluding hydrogens is 268 g/mol. The third kappa shape index (κ3) is 3.05. The van der Waals surface area contributed by atoms with E-state index in [2.05, 4.69) is 10.3 Å². The molecule has 1 unspecified atom stereocenters. The van der Waals surface area contributed by atoms with Crippen LogP contribution in [-0.2, 0) is 0 Å². The van der Waals surface area contributed by atoms with Gasteiger partial charge < -0.3 is 5.32 Å². The highest BCUT2D eigenvalue weighted by molar-refractivity contribution is 5.62. The average Bonchev–Trinajstić information content (AvgIpc) is 2.39. The van der Waals surface area contributed by atoms with E-state index in [0.717, 1.165) is 24.4 Å². The number of pyridine rings is 1. The fraction of sp³-hybridized carbons (Fsp3) is 0.154. The van der Waals surface area contributed by atoms with Crippen molar-refractivity contribution in [3.05, 3.63) is 64.0 Å². The second-order valence-electron chi connectivity index (χ2n) is 4.19. The van der Waals surface area contributed by atoms with Crippen molar-refractivity contribution >= 4 is 11.4 Å². The van der Waals surface area contributed by atoms with Crippen LogP contribution in [0.2, 0.25) is 0 Å². The Balaban J connectivity index is 2.27. The molecule has 0 saturated carbocycles. The second-order valence-corrected chi connectivity index (χ2v) is 4.19. The van der Waals surface area contributed by atoms with Crippen molar-refractivity contribution in [1.29, 1.82) is 0 Å². The van der Waals surface area contributed by atoms with Crippen LogP contribution in [0.4, 0.5) is 20.2 Å². The number of rotatable bonds is 4. The van der Waals surface area contributed by atoms with Gasteiger partial charge in [-0.1, -0.05) is 0 Å². The van der Waals surface area contributed by atoms with Gasteiger partial charge in [0.1, 0.15) is 17.3 Å². The monoisotopic (exact) mass is 279 g/mol. The van der Waals surface area contributed by atoms with E-state index in [0.29, 0.717) is 5.69 Å². The van der Waals surface area contributed by atoms with E-state index in [1.807, 2.05) is 0 Å². The maximum absolute atomic E-state index is 13.2. The zero-order chi connectivity index (χ0) is 14.7. The van der Waals surface area contributed by atoms with Gasteiger partial charge in [0.2, 0.25) is 0 Å². The van der Waals surface area contributed by atoms with Gasteiger partial charge in [-0.3, -0.25) is 15.1 Å². The summed E-state index contributed by atoms with van der Waals surface area (Å²) in [7, 11) is 0. The van der Waals surface area contributed by atoms with Crippen molar-refractivity contribution in [2.45, 2.75) is 13.0 Å². The number of halogens is 2. The summed E-state index contributed by atoms with van der Waals surface area (Å²) < 4.78 is 26.0. The Morgan fingerprint density at radius 1 is 1.25 bits per heavy atom. The lowest BCUT2D eigenvalue weighted by Gasteiger charge is -2.14. The predicted octanol–water partition coefficient (Wildman–Crippen LogP) is 3.44. The van der Waals surface area contributed by atoms with Crippen molar-refractivity contribution in [3.63, 3.8) is 0 Å². The van der Waals surface area contributed by atoms with Gasteiger partial charge in [0.25, 0.3) is 5.69 Å².